The molecule has 0 spiro atoms. The minimum Gasteiger partial charge on any atom is -0.480 e. The number of benzene rings is 1. The summed E-state index contributed by atoms with van der Waals surface area (Å²) in [5.74, 6) is -0.236. The largest absolute Gasteiger partial charge is 0.480 e. The quantitative estimate of drug-likeness (QED) is 0.600. The maximum Gasteiger partial charge on any atom is 0.317 e. The highest BCUT2D eigenvalue weighted by molar-refractivity contribution is 5.69. The van der Waals surface area contributed by atoms with E-state index in [9.17, 15) is 14.9 Å². The Balaban J connectivity index is 1.98. The lowest BCUT2D eigenvalue weighted by Crippen LogP contribution is -2.31. The lowest BCUT2D eigenvalue weighted by atomic mass is 10.2. The highest BCUT2D eigenvalue weighted by Crippen LogP contribution is 2.30. The zero-order valence-corrected chi connectivity index (χ0v) is 10.5. The fourth-order valence-electron chi connectivity index (χ4n) is 2.02. The Kier molecular flexibility index (Phi) is 4.11. The monoisotopic (exact) mass is 264 g/mol. The average Bonchev–Trinajstić information content (AvgIpc) is 3.12. The summed E-state index contributed by atoms with van der Waals surface area (Å²) in [5.41, 5.74) is 0.947. The van der Waals surface area contributed by atoms with Crippen molar-refractivity contribution in [3.05, 3.63) is 39.9 Å². The molecule has 0 atom stereocenters. The standard InChI is InChI=1S/C13H16N2O4/c16-13(17)9-14(7-10-1-2-10)8-11-3-5-12(6-4-11)15(18)19/h3-6,10H,1-2,7-9H2,(H,16,17). The van der Waals surface area contributed by atoms with Crippen molar-refractivity contribution in [1.82, 2.24) is 4.90 Å². The van der Waals surface area contributed by atoms with E-state index in [2.05, 4.69) is 0 Å². The number of hydrogen-bond donors (Lipinski definition) is 1. The van der Waals surface area contributed by atoms with Crippen molar-refractivity contribution in [1.29, 1.82) is 0 Å². The van der Waals surface area contributed by atoms with Crippen LogP contribution < -0.4 is 0 Å². The van der Waals surface area contributed by atoms with Crippen LogP contribution in [-0.2, 0) is 11.3 Å². The molecule has 0 heterocycles. The molecule has 1 aromatic carbocycles. The van der Waals surface area contributed by atoms with E-state index in [1.807, 2.05) is 4.90 Å². The molecule has 6 nitrogen and oxygen atoms in total. The number of carbonyl (C=O) groups is 1. The Morgan fingerprint density at radius 3 is 2.47 bits per heavy atom. The van der Waals surface area contributed by atoms with E-state index in [-0.39, 0.29) is 12.2 Å². The zero-order chi connectivity index (χ0) is 13.8. The summed E-state index contributed by atoms with van der Waals surface area (Å²) >= 11 is 0. The minimum absolute atomic E-state index is 0.00743. The normalized spacial score (nSPS) is 14.6. The van der Waals surface area contributed by atoms with Gasteiger partial charge in [-0.1, -0.05) is 12.1 Å². The summed E-state index contributed by atoms with van der Waals surface area (Å²) in [4.78, 5) is 22.8. The van der Waals surface area contributed by atoms with Gasteiger partial charge in [-0.15, -0.1) is 0 Å². The van der Waals surface area contributed by atoms with E-state index in [0.29, 0.717) is 12.5 Å². The van der Waals surface area contributed by atoms with Crippen LogP contribution in [0.15, 0.2) is 24.3 Å². The third-order valence-electron chi connectivity index (χ3n) is 3.13. The van der Waals surface area contributed by atoms with Gasteiger partial charge in [0.15, 0.2) is 0 Å². The first-order valence-electron chi connectivity index (χ1n) is 6.22. The highest BCUT2D eigenvalue weighted by atomic mass is 16.6. The van der Waals surface area contributed by atoms with Crippen LogP contribution in [0.5, 0.6) is 0 Å². The van der Waals surface area contributed by atoms with Gasteiger partial charge in [0.25, 0.3) is 5.69 Å². The second-order valence-corrected chi connectivity index (χ2v) is 4.93. The molecule has 2 rings (SSSR count). The third kappa shape index (κ3) is 4.33. The summed E-state index contributed by atoms with van der Waals surface area (Å²) in [7, 11) is 0. The average molecular weight is 264 g/mol. The summed E-state index contributed by atoms with van der Waals surface area (Å²) < 4.78 is 0. The first-order valence-corrected chi connectivity index (χ1v) is 6.22. The van der Waals surface area contributed by atoms with E-state index in [1.54, 1.807) is 12.1 Å². The molecule has 6 heteroatoms. The molecule has 0 unspecified atom stereocenters. The van der Waals surface area contributed by atoms with Gasteiger partial charge in [-0.3, -0.25) is 19.8 Å². The third-order valence-corrected chi connectivity index (χ3v) is 3.13. The number of non-ortho nitro benzene ring substituents is 1. The number of carboxylic acids is 1. The molecule has 1 N–H and O–H groups in total. The van der Waals surface area contributed by atoms with Gasteiger partial charge < -0.3 is 5.11 Å². The second-order valence-electron chi connectivity index (χ2n) is 4.93. The van der Waals surface area contributed by atoms with Crippen molar-refractivity contribution in [3.63, 3.8) is 0 Å². The molecule has 1 fully saturated rings. The number of nitrogens with zero attached hydrogens (tertiary/aromatic N) is 2. The number of nitro groups is 1. The molecule has 1 aromatic rings. The van der Waals surface area contributed by atoms with Gasteiger partial charge in [0, 0.05) is 25.2 Å². The predicted molar refractivity (Wildman–Crippen MR) is 68.7 cm³/mol. The van der Waals surface area contributed by atoms with Crippen molar-refractivity contribution in [2.45, 2.75) is 19.4 Å². The van der Waals surface area contributed by atoms with E-state index in [0.717, 1.165) is 24.9 Å². The van der Waals surface area contributed by atoms with Crippen LogP contribution in [-0.4, -0.2) is 34.0 Å². The first-order chi connectivity index (χ1) is 9.04. The fraction of sp³-hybridized carbons (Fsp3) is 0.462. The number of rotatable bonds is 7. The van der Waals surface area contributed by atoms with Crippen LogP contribution in [0.2, 0.25) is 0 Å². The molecule has 19 heavy (non-hydrogen) atoms. The van der Waals surface area contributed by atoms with Gasteiger partial charge in [0.2, 0.25) is 0 Å². The molecule has 1 aliphatic rings. The Bertz CT molecular complexity index is 468. The Morgan fingerprint density at radius 1 is 1.37 bits per heavy atom. The molecule has 0 radical (unpaired) electrons. The van der Waals surface area contributed by atoms with Gasteiger partial charge in [-0.2, -0.15) is 0 Å². The van der Waals surface area contributed by atoms with Crippen LogP contribution in [0.25, 0.3) is 0 Å². The number of hydrogen-bond acceptors (Lipinski definition) is 4. The second kappa shape index (κ2) is 5.79. The molecule has 0 saturated heterocycles. The number of nitro benzene ring substituents is 1. The SMILES string of the molecule is O=C(O)CN(Cc1ccc([N+](=O)[O-])cc1)CC1CC1. The molecule has 1 aliphatic carbocycles. The van der Waals surface area contributed by atoms with Crippen LogP contribution >= 0.6 is 0 Å². The van der Waals surface area contributed by atoms with Gasteiger partial charge in [-0.05, 0) is 24.3 Å². The van der Waals surface area contributed by atoms with Crippen LogP contribution in [0.1, 0.15) is 18.4 Å². The molecular formula is C13H16N2O4. The highest BCUT2D eigenvalue weighted by Gasteiger charge is 2.25. The van der Waals surface area contributed by atoms with Crippen LogP contribution in [0, 0.1) is 16.0 Å². The molecule has 0 amide bonds. The first kappa shape index (κ1) is 13.5. The molecular weight excluding hydrogens is 248 g/mol. The summed E-state index contributed by atoms with van der Waals surface area (Å²) in [6, 6.07) is 6.26. The smallest absolute Gasteiger partial charge is 0.317 e. The van der Waals surface area contributed by atoms with E-state index in [4.69, 9.17) is 5.11 Å². The van der Waals surface area contributed by atoms with Crippen molar-refractivity contribution in [2.24, 2.45) is 5.92 Å². The number of carboxylic acid groups (broad SMARTS) is 1. The van der Waals surface area contributed by atoms with E-state index < -0.39 is 10.9 Å². The Labute approximate surface area is 110 Å². The summed E-state index contributed by atoms with van der Waals surface area (Å²) in [5, 5.41) is 19.4. The maximum absolute atomic E-state index is 10.8. The molecule has 1 saturated carbocycles. The Hall–Kier alpha value is -1.95. The van der Waals surface area contributed by atoms with Gasteiger partial charge >= 0.3 is 5.97 Å². The van der Waals surface area contributed by atoms with E-state index in [1.165, 1.54) is 12.1 Å². The minimum atomic E-state index is -0.845. The topological polar surface area (TPSA) is 83.7 Å². The molecule has 102 valence electrons. The maximum atomic E-state index is 10.8. The van der Waals surface area contributed by atoms with Crippen LogP contribution in [0.3, 0.4) is 0 Å². The zero-order valence-electron chi connectivity index (χ0n) is 10.5. The van der Waals surface area contributed by atoms with E-state index >= 15 is 0 Å². The van der Waals surface area contributed by atoms with Crippen molar-refractivity contribution < 1.29 is 14.8 Å². The fourth-order valence-corrected chi connectivity index (χ4v) is 2.02. The van der Waals surface area contributed by atoms with Crippen molar-refractivity contribution in [3.8, 4) is 0 Å². The van der Waals surface area contributed by atoms with Gasteiger partial charge in [-0.25, -0.2) is 0 Å². The molecule has 0 aromatic heterocycles. The van der Waals surface area contributed by atoms with Gasteiger partial charge in [0.05, 0.1) is 11.5 Å². The lowest BCUT2D eigenvalue weighted by Gasteiger charge is -2.19. The van der Waals surface area contributed by atoms with Crippen molar-refractivity contribution >= 4 is 11.7 Å². The summed E-state index contributed by atoms with van der Waals surface area (Å²) in [6.45, 7) is 1.30. The number of aliphatic carboxylic acids is 1. The molecule has 0 bridgehead atoms. The predicted octanol–water partition coefficient (Wildman–Crippen LogP) is 1.89. The summed E-state index contributed by atoms with van der Waals surface area (Å²) in [6.07, 6.45) is 2.33. The van der Waals surface area contributed by atoms with Crippen molar-refractivity contribution in [2.75, 3.05) is 13.1 Å². The Morgan fingerprint density at radius 2 is 2.00 bits per heavy atom. The molecule has 0 aliphatic heterocycles. The lowest BCUT2D eigenvalue weighted by molar-refractivity contribution is -0.384. The van der Waals surface area contributed by atoms with Gasteiger partial charge in [0.1, 0.15) is 0 Å². The van der Waals surface area contributed by atoms with Crippen LogP contribution in [0.4, 0.5) is 5.69 Å².